The summed E-state index contributed by atoms with van der Waals surface area (Å²) in [6.07, 6.45) is 2.52. The first-order chi connectivity index (χ1) is 18.7. The van der Waals surface area contributed by atoms with Crippen molar-refractivity contribution in [3.05, 3.63) is 85.4 Å². The number of carbonyl (C=O) groups is 1. The van der Waals surface area contributed by atoms with Crippen LogP contribution in [0.2, 0.25) is 0 Å². The van der Waals surface area contributed by atoms with Gasteiger partial charge in [-0.25, -0.2) is 4.79 Å². The lowest BCUT2D eigenvalue weighted by molar-refractivity contribution is -0.116. The lowest BCUT2D eigenvalue weighted by Gasteiger charge is -2.11. The van der Waals surface area contributed by atoms with Crippen LogP contribution < -0.4 is 26.0 Å². The fourth-order valence-electron chi connectivity index (χ4n) is 4.55. The molecule has 4 rings (SSSR count). The van der Waals surface area contributed by atoms with Crippen LogP contribution in [0.1, 0.15) is 42.7 Å². The van der Waals surface area contributed by atoms with Gasteiger partial charge in [-0.05, 0) is 60.2 Å². The van der Waals surface area contributed by atoms with E-state index in [2.05, 4.69) is 19.2 Å². The number of methoxy groups -OCH3 is 2. The van der Waals surface area contributed by atoms with Crippen LogP contribution in [0.5, 0.6) is 11.5 Å². The number of carbonyl (C=O) groups excluding carboxylic acids is 1. The van der Waals surface area contributed by atoms with Crippen LogP contribution >= 0.6 is 11.3 Å². The number of nitrogens with zero attached hydrogens (tertiary/aromatic N) is 2. The second kappa shape index (κ2) is 12.3. The summed E-state index contributed by atoms with van der Waals surface area (Å²) in [7, 11) is 4.74. The molecule has 1 N–H and O–H groups in total. The van der Waals surface area contributed by atoms with Crippen LogP contribution in [0, 0.1) is 5.92 Å². The van der Waals surface area contributed by atoms with Crippen molar-refractivity contribution < 1.29 is 14.3 Å². The van der Waals surface area contributed by atoms with Crippen LogP contribution in [0.4, 0.5) is 5.69 Å². The Morgan fingerprint density at radius 2 is 1.67 bits per heavy atom. The second-order valence-corrected chi connectivity index (χ2v) is 11.2. The molecule has 4 aromatic rings. The number of rotatable bonds is 11. The molecule has 0 radical (unpaired) electrons. The van der Waals surface area contributed by atoms with Gasteiger partial charge >= 0.3 is 5.69 Å². The van der Waals surface area contributed by atoms with Crippen molar-refractivity contribution in [2.75, 3.05) is 19.5 Å². The highest BCUT2D eigenvalue weighted by molar-refractivity contribution is 7.18. The Bertz CT molecular complexity index is 1580. The Morgan fingerprint density at radius 3 is 2.33 bits per heavy atom. The molecule has 0 bridgehead atoms. The van der Waals surface area contributed by atoms with E-state index in [1.54, 1.807) is 18.8 Å². The zero-order valence-corrected chi connectivity index (χ0v) is 23.9. The van der Waals surface area contributed by atoms with Crippen molar-refractivity contribution in [3.8, 4) is 11.5 Å². The highest BCUT2D eigenvalue weighted by Crippen LogP contribution is 2.28. The first-order valence-electron chi connectivity index (χ1n) is 13.0. The second-order valence-electron chi connectivity index (χ2n) is 10.0. The number of thiophene rings is 1. The van der Waals surface area contributed by atoms with Gasteiger partial charge in [0, 0.05) is 37.0 Å². The number of fused-ring (bicyclic) bond motifs is 1. The highest BCUT2D eigenvalue weighted by atomic mass is 32.1. The first kappa shape index (κ1) is 28.2. The van der Waals surface area contributed by atoms with Crippen molar-refractivity contribution in [1.29, 1.82) is 0 Å². The van der Waals surface area contributed by atoms with Crippen molar-refractivity contribution in [2.45, 2.75) is 46.1 Å². The number of aryl methyl sites for hydroxylation is 1. The summed E-state index contributed by atoms with van der Waals surface area (Å²) in [6.45, 7) is 4.67. The van der Waals surface area contributed by atoms with E-state index >= 15 is 0 Å². The molecule has 2 aromatic heterocycles. The van der Waals surface area contributed by atoms with E-state index < -0.39 is 0 Å². The van der Waals surface area contributed by atoms with E-state index in [1.165, 1.54) is 23.0 Å². The fourth-order valence-corrected chi connectivity index (χ4v) is 5.74. The fraction of sp³-hybridized carbons (Fsp3) is 0.367. The van der Waals surface area contributed by atoms with Gasteiger partial charge < -0.3 is 14.8 Å². The summed E-state index contributed by atoms with van der Waals surface area (Å²) < 4.78 is 13.5. The number of hydrogen-bond donors (Lipinski definition) is 1. The van der Waals surface area contributed by atoms with E-state index in [4.69, 9.17) is 9.47 Å². The summed E-state index contributed by atoms with van der Waals surface area (Å²) in [5.74, 6) is 1.61. The largest absolute Gasteiger partial charge is 0.493 e. The zero-order valence-electron chi connectivity index (χ0n) is 23.1. The molecule has 0 fully saturated rings. The zero-order chi connectivity index (χ0) is 28.1. The molecule has 206 valence electrons. The van der Waals surface area contributed by atoms with Crippen LogP contribution in [-0.2, 0) is 31.2 Å². The molecule has 0 unspecified atom stereocenters. The smallest absolute Gasteiger partial charge is 0.331 e. The molecule has 8 nitrogen and oxygen atoms in total. The van der Waals surface area contributed by atoms with Gasteiger partial charge in [0.2, 0.25) is 5.91 Å². The number of aromatic nitrogens is 2. The topological polar surface area (TPSA) is 91.6 Å². The van der Waals surface area contributed by atoms with Crippen LogP contribution in [0.15, 0.2) is 58.1 Å². The monoisotopic (exact) mass is 549 g/mol. The quantitative estimate of drug-likeness (QED) is 0.285. The van der Waals surface area contributed by atoms with Gasteiger partial charge in [-0.3, -0.25) is 18.7 Å². The maximum absolute atomic E-state index is 12.7. The van der Waals surface area contributed by atoms with E-state index in [-0.39, 0.29) is 23.1 Å². The molecule has 0 saturated heterocycles. The van der Waals surface area contributed by atoms with E-state index in [1.807, 2.05) is 48.5 Å². The number of anilines is 1. The molecule has 9 heteroatoms. The third-order valence-corrected chi connectivity index (χ3v) is 7.70. The van der Waals surface area contributed by atoms with Crippen molar-refractivity contribution in [2.24, 2.45) is 13.0 Å². The van der Waals surface area contributed by atoms with Crippen LogP contribution in [0.3, 0.4) is 0 Å². The number of nitrogens with one attached hydrogen (secondary N) is 1. The predicted molar refractivity (Wildman–Crippen MR) is 157 cm³/mol. The van der Waals surface area contributed by atoms with Crippen molar-refractivity contribution >= 4 is 33.1 Å². The third-order valence-electron chi connectivity index (χ3n) is 6.54. The SMILES string of the molecule is COc1ccc(CCCC(=O)Nc2ccc(Cc3cc4c(=O)n(C)c(=O)n(CC(C)C)c4s3)cc2)cc1OC. The van der Waals surface area contributed by atoms with Gasteiger partial charge in [-0.1, -0.05) is 32.0 Å². The summed E-state index contributed by atoms with van der Waals surface area (Å²) >= 11 is 1.49. The Hall–Kier alpha value is -3.85. The van der Waals surface area contributed by atoms with Crippen LogP contribution in [0.25, 0.3) is 10.2 Å². The molecule has 2 aromatic carbocycles. The molecule has 0 aliphatic carbocycles. The summed E-state index contributed by atoms with van der Waals surface area (Å²) in [5, 5.41) is 3.54. The highest BCUT2D eigenvalue weighted by Gasteiger charge is 2.16. The summed E-state index contributed by atoms with van der Waals surface area (Å²) in [4.78, 5) is 39.6. The minimum absolute atomic E-state index is 0.0355. The van der Waals surface area contributed by atoms with Gasteiger partial charge in [-0.15, -0.1) is 11.3 Å². The third kappa shape index (κ3) is 6.60. The summed E-state index contributed by atoms with van der Waals surface area (Å²) in [6, 6.07) is 15.4. The molecule has 0 spiro atoms. The van der Waals surface area contributed by atoms with Crippen molar-refractivity contribution in [3.63, 3.8) is 0 Å². The Kier molecular flexibility index (Phi) is 8.91. The molecule has 2 heterocycles. The molecule has 0 aliphatic rings. The lowest BCUT2D eigenvalue weighted by Crippen LogP contribution is -2.38. The van der Waals surface area contributed by atoms with Gasteiger partial charge in [0.05, 0.1) is 19.6 Å². The van der Waals surface area contributed by atoms with E-state index in [9.17, 15) is 14.4 Å². The molecule has 0 saturated carbocycles. The van der Waals surface area contributed by atoms with Gasteiger partial charge in [0.25, 0.3) is 5.56 Å². The normalized spacial score (nSPS) is 11.2. The number of ether oxygens (including phenoxy) is 2. The molecule has 39 heavy (non-hydrogen) atoms. The Balaban J connectivity index is 1.37. The van der Waals surface area contributed by atoms with E-state index in [0.29, 0.717) is 42.7 Å². The maximum Gasteiger partial charge on any atom is 0.331 e. The van der Waals surface area contributed by atoms with Gasteiger partial charge in [0.15, 0.2) is 11.5 Å². The number of hydrogen-bond acceptors (Lipinski definition) is 6. The van der Waals surface area contributed by atoms with E-state index in [0.717, 1.165) is 32.9 Å². The number of benzene rings is 2. The van der Waals surface area contributed by atoms with Gasteiger partial charge in [-0.2, -0.15) is 0 Å². The minimum atomic E-state index is -0.279. The molecule has 1 amide bonds. The predicted octanol–water partition coefficient (Wildman–Crippen LogP) is 4.99. The average molecular weight is 550 g/mol. The minimum Gasteiger partial charge on any atom is -0.493 e. The lowest BCUT2D eigenvalue weighted by atomic mass is 10.1. The Morgan fingerprint density at radius 1 is 0.974 bits per heavy atom. The summed E-state index contributed by atoms with van der Waals surface area (Å²) in [5.41, 5.74) is 2.35. The average Bonchev–Trinajstić information content (AvgIpc) is 3.34. The molecule has 0 atom stereocenters. The molecule has 0 aliphatic heterocycles. The standard InChI is InChI=1S/C30H35N3O5S/c1-19(2)18-33-29-24(28(35)32(3)30(33)36)17-23(39-29)15-21-9-12-22(13-10-21)31-27(34)8-6-7-20-11-14-25(37-4)26(16-20)38-5/h9-14,16-17,19H,6-8,15,18H2,1-5H3,(H,31,34). The van der Waals surface area contributed by atoms with Gasteiger partial charge in [0.1, 0.15) is 4.83 Å². The number of amides is 1. The molecular weight excluding hydrogens is 514 g/mol. The molecular formula is C30H35N3O5S. The van der Waals surface area contributed by atoms with Crippen LogP contribution in [-0.4, -0.2) is 29.3 Å². The maximum atomic E-state index is 12.7. The van der Waals surface area contributed by atoms with Crippen molar-refractivity contribution in [1.82, 2.24) is 9.13 Å². The Labute approximate surface area is 231 Å². The first-order valence-corrected chi connectivity index (χ1v) is 13.8.